The van der Waals surface area contributed by atoms with E-state index in [1.165, 1.54) is 19.2 Å². The highest BCUT2D eigenvalue weighted by Crippen LogP contribution is 2.46. The van der Waals surface area contributed by atoms with E-state index in [9.17, 15) is 17.6 Å². The van der Waals surface area contributed by atoms with Gasteiger partial charge < -0.3 is 14.5 Å². The Balaban J connectivity index is 1.31. The van der Waals surface area contributed by atoms with Gasteiger partial charge in [0.1, 0.15) is 17.2 Å². The SMILES string of the molecule is C=C(CCCS(=O)(=O)Nc1cc2oc(-c3ccc(F)cc3)c(C(=O)NC)c2cc1C1CC1)COCc1ccccc1. The van der Waals surface area contributed by atoms with Gasteiger partial charge in [0, 0.05) is 24.1 Å². The summed E-state index contributed by atoms with van der Waals surface area (Å²) in [7, 11) is -2.13. The number of halogens is 1. The fourth-order valence-electron chi connectivity index (χ4n) is 4.83. The number of carbonyl (C=O) groups excluding carboxylic acids is 1. The van der Waals surface area contributed by atoms with Gasteiger partial charge in [0.15, 0.2) is 0 Å². The third-order valence-electron chi connectivity index (χ3n) is 7.06. The third-order valence-corrected chi connectivity index (χ3v) is 8.42. The second-order valence-corrected chi connectivity index (χ2v) is 12.2. The number of ether oxygens (including phenoxy) is 1. The van der Waals surface area contributed by atoms with Gasteiger partial charge in [-0.1, -0.05) is 42.5 Å². The minimum atomic E-state index is -3.67. The second-order valence-electron chi connectivity index (χ2n) is 10.4. The molecular weight excluding hydrogens is 543 g/mol. The first kappa shape index (κ1) is 28.6. The zero-order valence-corrected chi connectivity index (χ0v) is 23.7. The first-order chi connectivity index (χ1) is 19.7. The van der Waals surface area contributed by atoms with Gasteiger partial charge in [-0.05, 0) is 73.1 Å². The lowest BCUT2D eigenvalue weighted by molar-refractivity contribution is 0.0964. The molecule has 1 fully saturated rings. The highest BCUT2D eigenvalue weighted by Gasteiger charge is 2.30. The number of amides is 1. The summed E-state index contributed by atoms with van der Waals surface area (Å²) in [6.45, 7) is 4.87. The average Bonchev–Trinajstić information content (AvgIpc) is 3.73. The third kappa shape index (κ3) is 7.04. The smallest absolute Gasteiger partial charge is 0.255 e. The molecule has 9 heteroatoms. The molecule has 41 heavy (non-hydrogen) atoms. The number of nitrogens with one attached hydrogen (secondary N) is 2. The molecule has 0 atom stereocenters. The Labute approximate surface area is 239 Å². The summed E-state index contributed by atoms with van der Waals surface area (Å²) in [4.78, 5) is 12.9. The summed E-state index contributed by atoms with van der Waals surface area (Å²) in [5.41, 5.74) is 4.43. The Morgan fingerprint density at radius 3 is 2.51 bits per heavy atom. The van der Waals surface area contributed by atoms with E-state index in [1.54, 1.807) is 18.2 Å². The second kappa shape index (κ2) is 12.3. The van der Waals surface area contributed by atoms with Gasteiger partial charge in [-0.15, -0.1) is 0 Å². The number of sulfonamides is 1. The molecule has 1 aromatic heterocycles. The maximum absolute atomic E-state index is 13.6. The number of hydrogen-bond donors (Lipinski definition) is 2. The van der Waals surface area contributed by atoms with Crippen LogP contribution in [0.4, 0.5) is 10.1 Å². The van der Waals surface area contributed by atoms with E-state index in [4.69, 9.17) is 9.15 Å². The van der Waals surface area contributed by atoms with Gasteiger partial charge in [-0.25, -0.2) is 12.8 Å². The summed E-state index contributed by atoms with van der Waals surface area (Å²) in [5.74, 6) is -0.321. The predicted molar refractivity (Wildman–Crippen MR) is 159 cm³/mol. The largest absolute Gasteiger partial charge is 0.455 e. The van der Waals surface area contributed by atoms with E-state index >= 15 is 0 Å². The van der Waals surface area contributed by atoms with Crippen molar-refractivity contribution < 1.29 is 26.8 Å². The standard InChI is InChI=1S/C32H33FN2O5S/c1-21(19-39-20-22-8-4-3-5-9-22)7-6-16-41(37,38)35-28-18-29-27(17-26(28)23-10-11-23)30(32(36)34-2)31(40-29)24-12-14-25(33)15-13-24/h3-5,8-9,12-15,17-18,23,35H,1,6-7,10-11,16,19-20H2,2H3,(H,34,36). The Kier molecular flexibility index (Phi) is 8.56. The van der Waals surface area contributed by atoms with Crippen LogP contribution in [0.25, 0.3) is 22.3 Å². The van der Waals surface area contributed by atoms with Crippen molar-refractivity contribution >= 4 is 32.6 Å². The van der Waals surface area contributed by atoms with E-state index in [-0.39, 0.29) is 17.6 Å². The van der Waals surface area contributed by atoms with Crippen molar-refractivity contribution in [3.05, 3.63) is 101 Å². The highest BCUT2D eigenvalue weighted by atomic mass is 32.2. The molecular formula is C32H33FN2O5S. The zero-order valence-electron chi connectivity index (χ0n) is 22.9. The van der Waals surface area contributed by atoms with Gasteiger partial charge in [0.05, 0.1) is 30.2 Å². The summed E-state index contributed by atoms with van der Waals surface area (Å²) in [5, 5.41) is 3.23. The van der Waals surface area contributed by atoms with E-state index in [0.717, 1.165) is 29.5 Å². The summed E-state index contributed by atoms with van der Waals surface area (Å²) in [6, 6.07) is 19.0. The lowest BCUT2D eigenvalue weighted by Crippen LogP contribution is -2.19. The zero-order chi connectivity index (χ0) is 29.0. The molecule has 0 unspecified atom stereocenters. The monoisotopic (exact) mass is 576 g/mol. The maximum Gasteiger partial charge on any atom is 0.255 e. The number of hydrogen-bond acceptors (Lipinski definition) is 5. The van der Waals surface area contributed by atoms with Crippen LogP contribution in [0, 0.1) is 5.82 Å². The molecule has 1 aliphatic rings. The molecule has 0 spiro atoms. The molecule has 1 amide bonds. The van der Waals surface area contributed by atoms with Crippen molar-refractivity contribution in [2.75, 3.05) is 24.1 Å². The molecule has 0 saturated heterocycles. The van der Waals surface area contributed by atoms with Gasteiger partial charge >= 0.3 is 0 Å². The lowest BCUT2D eigenvalue weighted by atomic mass is 10.0. The molecule has 4 aromatic rings. The van der Waals surface area contributed by atoms with E-state index in [1.807, 2.05) is 36.4 Å². The first-order valence-electron chi connectivity index (χ1n) is 13.6. The number of rotatable bonds is 13. The van der Waals surface area contributed by atoms with Crippen molar-refractivity contribution in [1.29, 1.82) is 0 Å². The fraction of sp³-hybridized carbons (Fsp3) is 0.281. The number of anilines is 1. The van der Waals surface area contributed by atoms with E-state index in [0.29, 0.717) is 59.6 Å². The Hall–Kier alpha value is -3.95. The van der Waals surface area contributed by atoms with Crippen LogP contribution in [-0.2, 0) is 21.4 Å². The normalized spacial score (nSPS) is 13.3. The van der Waals surface area contributed by atoms with Crippen molar-refractivity contribution in [2.24, 2.45) is 0 Å². The first-order valence-corrected chi connectivity index (χ1v) is 15.3. The molecule has 3 aromatic carbocycles. The Morgan fingerprint density at radius 1 is 1.10 bits per heavy atom. The summed E-state index contributed by atoms with van der Waals surface area (Å²) < 4.78 is 54.3. The molecule has 5 rings (SSSR count). The van der Waals surface area contributed by atoms with Crippen molar-refractivity contribution in [2.45, 2.75) is 38.2 Å². The van der Waals surface area contributed by atoms with Gasteiger partial charge in [0.25, 0.3) is 5.91 Å². The molecule has 1 heterocycles. The topological polar surface area (TPSA) is 97.6 Å². The quantitative estimate of drug-likeness (QED) is 0.171. The number of fused-ring (bicyclic) bond motifs is 1. The van der Waals surface area contributed by atoms with Crippen molar-refractivity contribution in [3.63, 3.8) is 0 Å². The molecule has 214 valence electrons. The number of benzene rings is 3. The van der Waals surface area contributed by atoms with Crippen LogP contribution in [0.2, 0.25) is 0 Å². The van der Waals surface area contributed by atoms with Crippen LogP contribution in [0.3, 0.4) is 0 Å². The summed E-state index contributed by atoms with van der Waals surface area (Å²) >= 11 is 0. The Morgan fingerprint density at radius 2 is 1.83 bits per heavy atom. The minimum Gasteiger partial charge on any atom is -0.455 e. The average molecular weight is 577 g/mol. The van der Waals surface area contributed by atoms with Crippen LogP contribution in [-0.4, -0.2) is 33.7 Å². The molecule has 1 aliphatic carbocycles. The predicted octanol–water partition coefficient (Wildman–Crippen LogP) is 6.77. The molecule has 0 aliphatic heterocycles. The molecule has 7 nitrogen and oxygen atoms in total. The lowest BCUT2D eigenvalue weighted by Gasteiger charge is -2.13. The van der Waals surface area contributed by atoms with Gasteiger partial charge in [-0.3, -0.25) is 9.52 Å². The van der Waals surface area contributed by atoms with E-state index in [2.05, 4.69) is 16.6 Å². The van der Waals surface area contributed by atoms with Crippen molar-refractivity contribution in [3.8, 4) is 11.3 Å². The number of furan rings is 1. The summed E-state index contributed by atoms with van der Waals surface area (Å²) in [6.07, 6.45) is 2.79. The highest BCUT2D eigenvalue weighted by molar-refractivity contribution is 7.92. The van der Waals surface area contributed by atoms with Crippen LogP contribution in [0.5, 0.6) is 0 Å². The Bertz CT molecular complexity index is 1660. The molecule has 0 bridgehead atoms. The van der Waals surface area contributed by atoms with Crippen LogP contribution in [0.1, 0.15) is 53.1 Å². The molecule has 2 N–H and O–H groups in total. The van der Waals surface area contributed by atoms with Crippen molar-refractivity contribution in [1.82, 2.24) is 5.32 Å². The van der Waals surface area contributed by atoms with Crippen LogP contribution in [0.15, 0.2) is 83.3 Å². The minimum absolute atomic E-state index is 0.0741. The fourth-order valence-corrected chi connectivity index (χ4v) is 5.96. The molecule has 0 radical (unpaired) electrons. The van der Waals surface area contributed by atoms with Crippen LogP contribution >= 0.6 is 0 Å². The van der Waals surface area contributed by atoms with Crippen LogP contribution < -0.4 is 10.0 Å². The molecule has 1 saturated carbocycles. The maximum atomic E-state index is 13.6. The number of carbonyl (C=O) groups is 1. The van der Waals surface area contributed by atoms with Gasteiger partial charge in [-0.2, -0.15) is 0 Å². The van der Waals surface area contributed by atoms with E-state index < -0.39 is 15.8 Å². The van der Waals surface area contributed by atoms with Gasteiger partial charge in [0.2, 0.25) is 10.0 Å².